The molecule has 0 aliphatic carbocycles. The highest BCUT2D eigenvalue weighted by Crippen LogP contribution is 2.22. The van der Waals surface area contributed by atoms with Gasteiger partial charge >= 0.3 is 0 Å². The minimum absolute atomic E-state index is 0.948. The second kappa shape index (κ2) is 4.19. The molecule has 0 radical (unpaired) electrons. The van der Waals surface area contributed by atoms with Crippen molar-refractivity contribution in [2.24, 2.45) is 0 Å². The van der Waals surface area contributed by atoms with E-state index in [9.17, 15) is 0 Å². The van der Waals surface area contributed by atoms with Gasteiger partial charge in [0, 0.05) is 0 Å². The quantitative estimate of drug-likeness (QED) is 0.661. The number of hydrogen-bond acceptors (Lipinski definition) is 2. The first-order valence-electron chi connectivity index (χ1n) is 6.46. The molecule has 1 aromatic heterocycles. The second-order valence-corrected chi connectivity index (χ2v) is 5.22. The molecule has 0 unspecified atom stereocenters. The SMILES string of the molecule is Cc1ccc(C)c(-n2nnc3cc(C)c(C)cc32)c1. The van der Waals surface area contributed by atoms with E-state index in [1.54, 1.807) is 0 Å². The third-order valence-electron chi connectivity index (χ3n) is 3.65. The normalized spacial score (nSPS) is 11.2. The van der Waals surface area contributed by atoms with Crippen molar-refractivity contribution in [2.45, 2.75) is 27.7 Å². The molecule has 0 N–H and O–H groups in total. The van der Waals surface area contributed by atoms with Crippen molar-refractivity contribution in [1.82, 2.24) is 15.0 Å². The molecule has 0 spiro atoms. The first kappa shape index (κ1) is 11.9. The molecule has 3 aromatic rings. The average Bonchev–Trinajstić information content (AvgIpc) is 2.76. The summed E-state index contributed by atoms with van der Waals surface area (Å²) in [7, 11) is 0. The average molecular weight is 251 g/mol. The van der Waals surface area contributed by atoms with Crippen molar-refractivity contribution in [2.75, 3.05) is 0 Å². The van der Waals surface area contributed by atoms with E-state index in [4.69, 9.17) is 0 Å². The Balaban J connectivity index is 2.31. The van der Waals surface area contributed by atoms with Crippen LogP contribution in [-0.2, 0) is 0 Å². The van der Waals surface area contributed by atoms with Gasteiger partial charge in [0.15, 0.2) is 0 Å². The predicted molar refractivity (Wildman–Crippen MR) is 77.8 cm³/mol. The minimum Gasteiger partial charge on any atom is -0.213 e. The molecule has 0 fully saturated rings. The van der Waals surface area contributed by atoms with Gasteiger partial charge in [0.05, 0.1) is 11.2 Å². The summed E-state index contributed by atoms with van der Waals surface area (Å²) >= 11 is 0. The zero-order valence-electron chi connectivity index (χ0n) is 11.7. The van der Waals surface area contributed by atoms with E-state index < -0.39 is 0 Å². The molecule has 19 heavy (non-hydrogen) atoms. The maximum absolute atomic E-state index is 4.32. The Bertz CT molecular complexity index is 769. The Labute approximate surface area is 112 Å². The van der Waals surface area contributed by atoms with Crippen LogP contribution >= 0.6 is 0 Å². The van der Waals surface area contributed by atoms with Crippen LogP contribution in [0.15, 0.2) is 30.3 Å². The van der Waals surface area contributed by atoms with Crippen LogP contribution in [-0.4, -0.2) is 15.0 Å². The molecule has 1 heterocycles. The summed E-state index contributed by atoms with van der Waals surface area (Å²) in [5.74, 6) is 0. The predicted octanol–water partition coefficient (Wildman–Crippen LogP) is 3.65. The number of benzene rings is 2. The van der Waals surface area contributed by atoms with Crippen molar-refractivity contribution >= 4 is 11.0 Å². The zero-order valence-corrected chi connectivity index (χ0v) is 11.7. The first-order valence-corrected chi connectivity index (χ1v) is 6.46. The van der Waals surface area contributed by atoms with Crippen LogP contribution in [0.25, 0.3) is 16.7 Å². The lowest BCUT2D eigenvalue weighted by Crippen LogP contribution is -2.00. The Hall–Kier alpha value is -2.16. The maximum Gasteiger partial charge on any atom is 0.113 e. The van der Waals surface area contributed by atoms with E-state index >= 15 is 0 Å². The summed E-state index contributed by atoms with van der Waals surface area (Å²) < 4.78 is 1.93. The van der Waals surface area contributed by atoms with Crippen molar-refractivity contribution in [3.63, 3.8) is 0 Å². The summed E-state index contributed by atoms with van der Waals surface area (Å²) in [4.78, 5) is 0. The molecule has 3 nitrogen and oxygen atoms in total. The lowest BCUT2D eigenvalue weighted by atomic mass is 10.1. The lowest BCUT2D eigenvalue weighted by molar-refractivity contribution is 0.818. The van der Waals surface area contributed by atoms with Gasteiger partial charge in [0.25, 0.3) is 0 Å². The topological polar surface area (TPSA) is 30.7 Å². The van der Waals surface area contributed by atoms with Gasteiger partial charge in [-0.3, -0.25) is 0 Å². The molecule has 0 bridgehead atoms. The van der Waals surface area contributed by atoms with Crippen molar-refractivity contribution in [3.05, 3.63) is 52.6 Å². The standard InChI is InChI=1S/C16H17N3/c1-10-5-6-11(2)15(7-10)19-16-9-13(4)12(3)8-14(16)17-18-19/h5-9H,1-4H3. The molecule has 3 heteroatoms. The molecule has 0 amide bonds. The van der Waals surface area contributed by atoms with Gasteiger partial charge < -0.3 is 0 Å². The molecule has 3 rings (SSSR count). The Morgan fingerprint density at radius 3 is 2.37 bits per heavy atom. The molecule has 0 aliphatic heterocycles. The molecule has 0 aliphatic rings. The van der Waals surface area contributed by atoms with E-state index in [-0.39, 0.29) is 0 Å². The number of fused-ring (bicyclic) bond motifs is 1. The van der Waals surface area contributed by atoms with Gasteiger partial charge in [0.1, 0.15) is 5.52 Å². The van der Waals surface area contributed by atoms with Gasteiger partial charge in [-0.1, -0.05) is 17.3 Å². The summed E-state index contributed by atoms with van der Waals surface area (Å²) in [6.07, 6.45) is 0. The Morgan fingerprint density at radius 1 is 0.842 bits per heavy atom. The van der Waals surface area contributed by atoms with E-state index in [0.717, 1.165) is 16.7 Å². The number of aromatic nitrogens is 3. The fraction of sp³-hybridized carbons (Fsp3) is 0.250. The van der Waals surface area contributed by atoms with Gasteiger partial charge in [-0.05, 0) is 68.1 Å². The summed E-state index contributed by atoms with van der Waals surface area (Å²) in [5, 5.41) is 8.60. The first-order chi connectivity index (χ1) is 9.06. The largest absolute Gasteiger partial charge is 0.213 e. The fourth-order valence-corrected chi connectivity index (χ4v) is 2.30. The van der Waals surface area contributed by atoms with Crippen LogP contribution in [0.2, 0.25) is 0 Å². The summed E-state index contributed by atoms with van der Waals surface area (Å²) in [6.45, 7) is 8.42. The van der Waals surface area contributed by atoms with Crippen molar-refractivity contribution in [3.8, 4) is 5.69 Å². The fourth-order valence-electron chi connectivity index (χ4n) is 2.30. The molecule has 96 valence electrons. The van der Waals surface area contributed by atoms with Gasteiger partial charge in [-0.15, -0.1) is 5.10 Å². The zero-order chi connectivity index (χ0) is 13.6. The van der Waals surface area contributed by atoms with E-state index in [1.165, 1.54) is 22.3 Å². The second-order valence-electron chi connectivity index (χ2n) is 5.22. The van der Waals surface area contributed by atoms with Crippen molar-refractivity contribution in [1.29, 1.82) is 0 Å². The monoisotopic (exact) mass is 251 g/mol. The van der Waals surface area contributed by atoms with Crippen LogP contribution in [0.1, 0.15) is 22.3 Å². The van der Waals surface area contributed by atoms with Crippen LogP contribution in [0.4, 0.5) is 0 Å². The van der Waals surface area contributed by atoms with E-state index in [2.05, 4.69) is 68.3 Å². The molecular weight excluding hydrogens is 234 g/mol. The maximum atomic E-state index is 4.32. The third-order valence-corrected chi connectivity index (χ3v) is 3.65. The van der Waals surface area contributed by atoms with Crippen LogP contribution in [0.5, 0.6) is 0 Å². The molecule has 0 saturated heterocycles. The highest BCUT2D eigenvalue weighted by Gasteiger charge is 2.10. The molecule has 2 aromatic carbocycles. The van der Waals surface area contributed by atoms with Crippen molar-refractivity contribution < 1.29 is 0 Å². The smallest absolute Gasteiger partial charge is 0.113 e. The summed E-state index contributed by atoms with van der Waals surface area (Å²) in [5.41, 5.74) is 8.07. The van der Waals surface area contributed by atoms with Crippen LogP contribution < -0.4 is 0 Å². The van der Waals surface area contributed by atoms with E-state index in [0.29, 0.717) is 0 Å². The number of rotatable bonds is 1. The minimum atomic E-state index is 0.948. The van der Waals surface area contributed by atoms with E-state index in [1.807, 2.05) is 4.68 Å². The molecular formula is C16H17N3. The van der Waals surface area contributed by atoms with Gasteiger partial charge in [-0.25, -0.2) is 4.68 Å². The van der Waals surface area contributed by atoms with Crippen LogP contribution in [0.3, 0.4) is 0 Å². The summed E-state index contributed by atoms with van der Waals surface area (Å²) in [6, 6.07) is 10.6. The van der Waals surface area contributed by atoms with Gasteiger partial charge in [0.2, 0.25) is 0 Å². The third kappa shape index (κ3) is 1.91. The number of aryl methyl sites for hydroxylation is 4. The number of hydrogen-bond donors (Lipinski definition) is 0. The molecule has 0 saturated carbocycles. The van der Waals surface area contributed by atoms with Crippen LogP contribution in [0, 0.1) is 27.7 Å². The van der Waals surface area contributed by atoms with Gasteiger partial charge in [-0.2, -0.15) is 0 Å². The Morgan fingerprint density at radius 2 is 1.58 bits per heavy atom. The number of nitrogens with zero attached hydrogens (tertiary/aromatic N) is 3. The highest BCUT2D eigenvalue weighted by atomic mass is 15.4. The highest BCUT2D eigenvalue weighted by molar-refractivity contribution is 5.78. The lowest BCUT2D eigenvalue weighted by Gasteiger charge is -2.08. The Kier molecular flexibility index (Phi) is 2.63. The molecule has 0 atom stereocenters.